The Bertz CT molecular complexity index is 669. The number of ether oxygens (including phenoxy) is 1. The number of Topliss-reactive ketones (excluding diaryl/α,β-unsaturated/α-hetero) is 1. The molecule has 6 heteroatoms. The molecule has 1 atom stereocenters. The van der Waals surface area contributed by atoms with Gasteiger partial charge in [0.15, 0.2) is 0 Å². The maximum absolute atomic E-state index is 12.4. The van der Waals surface area contributed by atoms with E-state index in [0.717, 1.165) is 25.7 Å². The van der Waals surface area contributed by atoms with Crippen LogP contribution in [0.2, 0.25) is 0 Å². The minimum Gasteiger partial charge on any atom is -0.464 e. The summed E-state index contributed by atoms with van der Waals surface area (Å²) in [5.41, 5.74) is 0. The first-order chi connectivity index (χ1) is 22.0. The molecular formula is C39H76N2O4. The molecule has 0 aliphatic heterocycles. The van der Waals surface area contributed by atoms with E-state index in [4.69, 9.17) is 4.74 Å². The van der Waals surface area contributed by atoms with E-state index in [9.17, 15) is 14.4 Å². The Labute approximate surface area is 279 Å². The Morgan fingerprint density at radius 2 is 0.867 bits per heavy atom. The summed E-state index contributed by atoms with van der Waals surface area (Å²) in [6, 6.07) is -1.04. The van der Waals surface area contributed by atoms with Crippen molar-refractivity contribution >= 4 is 17.8 Å². The van der Waals surface area contributed by atoms with Gasteiger partial charge in [0.05, 0.1) is 6.61 Å². The number of rotatable bonds is 35. The van der Waals surface area contributed by atoms with Gasteiger partial charge >= 0.3 is 12.0 Å². The quantitative estimate of drug-likeness (QED) is 0.0535. The Kier molecular flexibility index (Phi) is 34.0. The van der Waals surface area contributed by atoms with E-state index in [1.165, 1.54) is 141 Å². The van der Waals surface area contributed by atoms with Gasteiger partial charge < -0.3 is 15.4 Å². The van der Waals surface area contributed by atoms with E-state index in [-0.39, 0.29) is 18.4 Å². The van der Waals surface area contributed by atoms with Crippen LogP contribution >= 0.6 is 0 Å². The summed E-state index contributed by atoms with van der Waals surface area (Å²) >= 11 is 0. The molecule has 0 heterocycles. The molecule has 0 saturated heterocycles. The summed E-state index contributed by atoms with van der Waals surface area (Å²) in [6.45, 7) is 7.17. The Morgan fingerprint density at radius 3 is 1.29 bits per heavy atom. The third-order valence-electron chi connectivity index (χ3n) is 8.95. The summed E-state index contributed by atoms with van der Waals surface area (Å²) in [7, 11) is 0. The van der Waals surface area contributed by atoms with Crippen LogP contribution in [0.15, 0.2) is 0 Å². The third kappa shape index (κ3) is 32.2. The van der Waals surface area contributed by atoms with E-state index in [2.05, 4.69) is 24.5 Å². The van der Waals surface area contributed by atoms with E-state index >= 15 is 0 Å². The molecule has 0 fully saturated rings. The number of esters is 1. The molecule has 2 N–H and O–H groups in total. The Hall–Kier alpha value is -1.59. The van der Waals surface area contributed by atoms with E-state index in [1.54, 1.807) is 6.92 Å². The molecule has 0 aliphatic rings. The highest BCUT2D eigenvalue weighted by atomic mass is 16.5. The molecule has 0 aromatic heterocycles. The summed E-state index contributed by atoms with van der Waals surface area (Å²) in [5, 5.41) is 5.68. The molecule has 45 heavy (non-hydrogen) atoms. The lowest BCUT2D eigenvalue weighted by Crippen LogP contribution is -2.46. The van der Waals surface area contributed by atoms with Crippen molar-refractivity contribution in [3.63, 3.8) is 0 Å². The number of ketones is 1. The van der Waals surface area contributed by atoms with E-state index in [1.807, 2.05) is 0 Å². The molecule has 0 radical (unpaired) electrons. The Morgan fingerprint density at radius 1 is 0.489 bits per heavy atom. The van der Waals surface area contributed by atoms with Crippen LogP contribution in [0.1, 0.15) is 213 Å². The second-order valence-electron chi connectivity index (χ2n) is 13.4. The maximum atomic E-state index is 12.4. The van der Waals surface area contributed by atoms with Gasteiger partial charge in [0, 0.05) is 19.4 Å². The second kappa shape index (κ2) is 35.3. The van der Waals surface area contributed by atoms with Crippen LogP contribution in [0.5, 0.6) is 0 Å². The number of carbonyl (C=O) groups is 3. The number of amides is 2. The molecule has 0 rings (SSSR count). The van der Waals surface area contributed by atoms with Gasteiger partial charge in [-0.2, -0.15) is 0 Å². The number of carbonyl (C=O) groups excluding carboxylic acids is 3. The van der Waals surface area contributed by atoms with Crippen molar-refractivity contribution in [2.24, 2.45) is 0 Å². The largest absolute Gasteiger partial charge is 0.464 e. The van der Waals surface area contributed by atoms with Crippen LogP contribution in [0.3, 0.4) is 0 Å². The molecule has 0 aromatic carbocycles. The SMILES string of the molecule is CCCCCCCCCCCCCCCCCCNC(=O)NC(CCCC(=O)CCCCCCCCCCCC)C(=O)OCC. The van der Waals surface area contributed by atoms with E-state index in [0.29, 0.717) is 32.2 Å². The number of hydrogen-bond acceptors (Lipinski definition) is 4. The van der Waals surface area contributed by atoms with Crippen LogP contribution in [0.4, 0.5) is 4.79 Å². The monoisotopic (exact) mass is 637 g/mol. The van der Waals surface area contributed by atoms with Gasteiger partial charge in [0.25, 0.3) is 0 Å². The number of nitrogens with one attached hydrogen (secondary N) is 2. The van der Waals surface area contributed by atoms with Gasteiger partial charge in [-0.1, -0.05) is 168 Å². The topological polar surface area (TPSA) is 84.5 Å². The van der Waals surface area contributed by atoms with E-state index < -0.39 is 12.0 Å². The van der Waals surface area contributed by atoms with Crippen LogP contribution < -0.4 is 10.6 Å². The van der Waals surface area contributed by atoms with Crippen molar-refractivity contribution in [1.29, 1.82) is 0 Å². The molecule has 2 amide bonds. The third-order valence-corrected chi connectivity index (χ3v) is 8.95. The van der Waals surface area contributed by atoms with Crippen molar-refractivity contribution in [2.75, 3.05) is 13.2 Å². The fourth-order valence-electron chi connectivity index (χ4n) is 6.01. The number of urea groups is 1. The molecule has 0 bridgehead atoms. The van der Waals surface area contributed by atoms with Crippen molar-refractivity contribution in [2.45, 2.75) is 219 Å². The van der Waals surface area contributed by atoms with Gasteiger partial charge in [0.1, 0.15) is 11.8 Å². The lowest BCUT2D eigenvalue weighted by Gasteiger charge is -2.17. The van der Waals surface area contributed by atoms with Crippen molar-refractivity contribution in [1.82, 2.24) is 10.6 Å². The smallest absolute Gasteiger partial charge is 0.328 e. The van der Waals surface area contributed by atoms with Crippen LogP contribution in [0, 0.1) is 0 Å². The molecule has 266 valence electrons. The summed E-state index contributed by atoms with van der Waals surface area (Å²) in [6.07, 6.45) is 35.8. The zero-order valence-electron chi connectivity index (χ0n) is 30.3. The summed E-state index contributed by atoms with van der Waals surface area (Å²) in [5.74, 6) is -0.165. The van der Waals surface area contributed by atoms with Gasteiger partial charge in [-0.15, -0.1) is 0 Å². The first-order valence-corrected chi connectivity index (χ1v) is 19.8. The van der Waals surface area contributed by atoms with Gasteiger partial charge in [-0.05, 0) is 32.6 Å². The zero-order chi connectivity index (χ0) is 33.1. The minimum absolute atomic E-state index is 0.255. The normalized spacial score (nSPS) is 11.8. The molecule has 0 saturated carbocycles. The number of unbranched alkanes of at least 4 members (excludes halogenated alkanes) is 24. The highest BCUT2D eigenvalue weighted by molar-refractivity contribution is 5.83. The molecule has 6 nitrogen and oxygen atoms in total. The first kappa shape index (κ1) is 43.4. The van der Waals surface area contributed by atoms with Gasteiger partial charge in [-0.3, -0.25) is 4.79 Å². The lowest BCUT2D eigenvalue weighted by molar-refractivity contribution is -0.145. The zero-order valence-corrected chi connectivity index (χ0v) is 30.3. The predicted octanol–water partition coefficient (Wildman–Crippen LogP) is 11.5. The van der Waals surface area contributed by atoms with Gasteiger partial charge in [0.2, 0.25) is 0 Å². The molecule has 0 spiro atoms. The van der Waals surface area contributed by atoms with Crippen LogP contribution in [-0.2, 0) is 14.3 Å². The maximum Gasteiger partial charge on any atom is 0.328 e. The first-order valence-electron chi connectivity index (χ1n) is 19.8. The van der Waals surface area contributed by atoms with Crippen molar-refractivity contribution < 1.29 is 19.1 Å². The predicted molar refractivity (Wildman–Crippen MR) is 192 cm³/mol. The lowest BCUT2D eigenvalue weighted by atomic mass is 10.0. The second-order valence-corrected chi connectivity index (χ2v) is 13.4. The molecule has 0 aliphatic carbocycles. The fourth-order valence-corrected chi connectivity index (χ4v) is 6.01. The standard InChI is InChI=1S/C39H76N2O4/c1-4-7-9-11-13-15-17-18-19-20-21-22-24-26-28-30-35-40-39(44)41-37(38(43)45-6-3)34-31-33-36(42)32-29-27-25-23-16-14-12-10-8-5-2/h37H,4-35H2,1-3H3,(H2,40,41,44). The van der Waals surface area contributed by atoms with Crippen LogP contribution in [-0.4, -0.2) is 37.0 Å². The average molecular weight is 637 g/mol. The highest BCUT2D eigenvalue weighted by Gasteiger charge is 2.22. The Balaban J connectivity index is 3.81. The van der Waals surface area contributed by atoms with Gasteiger partial charge in [-0.25, -0.2) is 9.59 Å². The minimum atomic E-state index is -0.708. The van der Waals surface area contributed by atoms with Crippen molar-refractivity contribution in [3.05, 3.63) is 0 Å². The summed E-state index contributed by atoms with van der Waals surface area (Å²) < 4.78 is 5.17. The van der Waals surface area contributed by atoms with Crippen molar-refractivity contribution in [3.8, 4) is 0 Å². The molecular weight excluding hydrogens is 560 g/mol. The fraction of sp³-hybridized carbons (Fsp3) is 0.923. The molecule has 0 aromatic rings. The highest BCUT2D eigenvalue weighted by Crippen LogP contribution is 2.15. The summed E-state index contributed by atoms with van der Waals surface area (Å²) in [4.78, 5) is 37.2. The average Bonchev–Trinajstić information content (AvgIpc) is 3.03. The van der Waals surface area contributed by atoms with Crippen LogP contribution in [0.25, 0.3) is 0 Å². The number of hydrogen-bond donors (Lipinski definition) is 2. The molecule has 1 unspecified atom stereocenters.